The van der Waals surface area contributed by atoms with Gasteiger partial charge in [-0.3, -0.25) is 19.8 Å². The minimum Gasteiger partial charge on any atom is -0.358 e. The van der Waals surface area contributed by atoms with Crippen molar-refractivity contribution in [3.05, 3.63) is 39.1 Å². The number of carbonyl (C=O) groups is 1. The normalized spacial score (nSPS) is 12.2. The zero-order valence-electron chi connectivity index (χ0n) is 14.7. The number of amides is 1. The van der Waals surface area contributed by atoms with Crippen LogP contribution in [0, 0.1) is 0 Å². The molecule has 2 heterocycles. The topological polar surface area (TPSA) is 106 Å². The van der Waals surface area contributed by atoms with Gasteiger partial charge in [0.25, 0.3) is 5.56 Å². The van der Waals surface area contributed by atoms with E-state index in [-0.39, 0.29) is 11.5 Å². The SMILES string of the molecule is CCCc1[nH]c2c/c(=N/NC(C)=O)cc3c(=O)[nH][nH]c(c1CCC)c23. The number of aromatic amines is 3. The molecule has 7 nitrogen and oxygen atoms in total. The molecule has 7 heteroatoms. The summed E-state index contributed by atoms with van der Waals surface area (Å²) in [5.41, 5.74) is 6.38. The van der Waals surface area contributed by atoms with Gasteiger partial charge in [0.2, 0.25) is 5.91 Å². The highest BCUT2D eigenvalue weighted by Gasteiger charge is 2.14. The van der Waals surface area contributed by atoms with E-state index in [1.807, 2.05) is 6.07 Å². The summed E-state index contributed by atoms with van der Waals surface area (Å²) in [5, 5.41) is 11.8. The fourth-order valence-corrected chi connectivity index (χ4v) is 3.24. The van der Waals surface area contributed by atoms with Crippen molar-refractivity contribution < 1.29 is 4.79 Å². The Kier molecular flexibility index (Phi) is 4.74. The predicted molar refractivity (Wildman–Crippen MR) is 98.1 cm³/mol. The first-order valence-electron chi connectivity index (χ1n) is 8.63. The van der Waals surface area contributed by atoms with Gasteiger partial charge in [0.05, 0.1) is 21.8 Å². The summed E-state index contributed by atoms with van der Waals surface area (Å²) in [7, 11) is 0. The van der Waals surface area contributed by atoms with Crippen LogP contribution >= 0.6 is 0 Å². The van der Waals surface area contributed by atoms with E-state index in [2.05, 4.69) is 39.6 Å². The number of aryl methyl sites for hydroxylation is 2. The van der Waals surface area contributed by atoms with Gasteiger partial charge in [0.15, 0.2) is 0 Å². The first-order valence-corrected chi connectivity index (χ1v) is 8.63. The van der Waals surface area contributed by atoms with Gasteiger partial charge < -0.3 is 4.98 Å². The van der Waals surface area contributed by atoms with Crippen LogP contribution in [0.15, 0.2) is 22.0 Å². The van der Waals surface area contributed by atoms with E-state index in [0.717, 1.165) is 47.8 Å². The molecular formula is C18H23N5O2. The molecule has 3 rings (SSSR count). The highest BCUT2D eigenvalue weighted by Crippen LogP contribution is 2.26. The number of carbonyl (C=O) groups excluding carboxylic acids is 1. The molecule has 132 valence electrons. The van der Waals surface area contributed by atoms with E-state index in [9.17, 15) is 9.59 Å². The van der Waals surface area contributed by atoms with Crippen LogP contribution in [0.4, 0.5) is 0 Å². The number of rotatable bonds is 5. The number of benzene rings is 1. The Morgan fingerprint density at radius 3 is 2.60 bits per heavy atom. The van der Waals surface area contributed by atoms with E-state index < -0.39 is 0 Å². The number of nitrogens with zero attached hydrogens (tertiary/aromatic N) is 1. The molecule has 0 unspecified atom stereocenters. The van der Waals surface area contributed by atoms with E-state index >= 15 is 0 Å². The molecule has 0 fully saturated rings. The molecule has 4 N–H and O–H groups in total. The molecular weight excluding hydrogens is 318 g/mol. The number of hydrogen-bond acceptors (Lipinski definition) is 3. The van der Waals surface area contributed by atoms with Crippen LogP contribution in [0.5, 0.6) is 0 Å². The van der Waals surface area contributed by atoms with Gasteiger partial charge in [0, 0.05) is 18.0 Å². The standard InChI is InChI=1S/C18H23N5O2/c1-4-6-12-14(7-5-2)19-15-9-11(21-20-10(3)24)8-13-16(15)17(12)22-23-18(13)25/h8-9,19,22H,4-7H2,1-3H3,(H,20,24)(H,23,25)/b21-11+. The van der Waals surface area contributed by atoms with Gasteiger partial charge in [-0.2, -0.15) is 5.10 Å². The average Bonchev–Trinajstić information content (AvgIpc) is 2.58. The quantitative estimate of drug-likeness (QED) is 0.534. The fourth-order valence-electron chi connectivity index (χ4n) is 3.24. The molecule has 0 saturated carbocycles. The number of nitrogens with one attached hydrogen (secondary N) is 4. The molecule has 0 aliphatic rings. The minimum atomic E-state index is -0.255. The van der Waals surface area contributed by atoms with Crippen LogP contribution in [-0.2, 0) is 17.6 Å². The molecule has 0 bridgehead atoms. The van der Waals surface area contributed by atoms with Crippen molar-refractivity contribution in [3.63, 3.8) is 0 Å². The first kappa shape index (κ1) is 17.0. The zero-order valence-corrected chi connectivity index (χ0v) is 14.7. The monoisotopic (exact) mass is 341 g/mol. The largest absolute Gasteiger partial charge is 0.358 e. The minimum absolute atomic E-state index is 0.212. The summed E-state index contributed by atoms with van der Waals surface area (Å²) < 4.78 is 0. The predicted octanol–water partition coefficient (Wildman–Crippen LogP) is 2.19. The van der Waals surface area contributed by atoms with Crippen LogP contribution in [0.3, 0.4) is 0 Å². The molecule has 0 radical (unpaired) electrons. The number of hydrogen-bond donors (Lipinski definition) is 4. The van der Waals surface area contributed by atoms with Crippen LogP contribution < -0.4 is 16.3 Å². The van der Waals surface area contributed by atoms with E-state index in [0.29, 0.717) is 10.7 Å². The first-order chi connectivity index (χ1) is 12.0. The maximum atomic E-state index is 12.3. The lowest BCUT2D eigenvalue weighted by atomic mass is 9.99. The summed E-state index contributed by atoms with van der Waals surface area (Å²) in [6, 6.07) is 3.55. The van der Waals surface area contributed by atoms with Gasteiger partial charge in [-0.25, -0.2) is 5.43 Å². The van der Waals surface area contributed by atoms with Crippen molar-refractivity contribution >= 4 is 27.7 Å². The summed E-state index contributed by atoms with van der Waals surface area (Å²) >= 11 is 0. The third kappa shape index (κ3) is 3.22. The second kappa shape index (κ2) is 6.96. The van der Waals surface area contributed by atoms with Crippen LogP contribution in [0.2, 0.25) is 0 Å². The number of H-pyrrole nitrogens is 3. The maximum absolute atomic E-state index is 12.3. The van der Waals surface area contributed by atoms with E-state index in [1.54, 1.807) is 6.07 Å². The van der Waals surface area contributed by atoms with Crippen molar-refractivity contribution in [1.29, 1.82) is 0 Å². The molecule has 1 aromatic carbocycles. The third-order valence-corrected chi connectivity index (χ3v) is 4.21. The zero-order chi connectivity index (χ0) is 18.0. The van der Waals surface area contributed by atoms with Crippen molar-refractivity contribution in [3.8, 4) is 0 Å². The van der Waals surface area contributed by atoms with Gasteiger partial charge in [-0.15, -0.1) is 0 Å². The van der Waals surface area contributed by atoms with Crippen LogP contribution in [0.1, 0.15) is 44.9 Å². The van der Waals surface area contributed by atoms with Gasteiger partial charge >= 0.3 is 0 Å². The molecule has 2 aromatic heterocycles. The van der Waals surface area contributed by atoms with Crippen LogP contribution in [0.25, 0.3) is 21.8 Å². The second-order valence-corrected chi connectivity index (χ2v) is 6.23. The molecule has 0 aliphatic carbocycles. The van der Waals surface area contributed by atoms with Crippen molar-refractivity contribution in [2.45, 2.75) is 46.5 Å². The summed E-state index contributed by atoms with van der Waals surface area (Å²) in [6.45, 7) is 5.68. The molecule has 3 aromatic rings. The Balaban J connectivity index is 2.40. The van der Waals surface area contributed by atoms with Crippen molar-refractivity contribution in [2.75, 3.05) is 0 Å². The Labute approximate surface area is 144 Å². The Hall–Kier alpha value is -2.83. The Morgan fingerprint density at radius 2 is 1.92 bits per heavy atom. The summed E-state index contributed by atoms with van der Waals surface area (Å²) in [4.78, 5) is 26.9. The molecule has 0 spiro atoms. The molecule has 0 saturated heterocycles. The van der Waals surface area contributed by atoms with E-state index in [4.69, 9.17) is 0 Å². The van der Waals surface area contributed by atoms with Crippen LogP contribution in [-0.4, -0.2) is 21.1 Å². The third-order valence-electron chi connectivity index (χ3n) is 4.21. The Morgan fingerprint density at radius 1 is 1.16 bits per heavy atom. The molecule has 25 heavy (non-hydrogen) atoms. The summed E-state index contributed by atoms with van der Waals surface area (Å²) in [5.74, 6) is -0.255. The lowest BCUT2D eigenvalue weighted by Gasteiger charge is -2.15. The lowest BCUT2D eigenvalue weighted by molar-refractivity contribution is -0.119. The van der Waals surface area contributed by atoms with Gasteiger partial charge in [0.1, 0.15) is 0 Å². The number of aromatic nitrogens is 3. The number of pyridine rings is 1. The molecule has 1 amide bonds. The fraction of sp³-hybridized carbons (Fsp3) is 0.389. The van der Waals surface area contributed by atoms with Gasteiger partial charge in [-0.1, -0.05) is 26.7 Å². The Bertz CT molecular complexity index is 1050. The smallest absolute Gasteiger partial charge is 0.270 e. The highest BCUT2D eigenvalue weighted by atomic mass is 16.2. The average molecular weight is 341 g/mol. The molecule has 0 aliphatic heterocycles. The summed E-state index contributed by atoms with van der Waals surface area (Å²) in [6.07, 6.45) is 3.89. The molecule has 0 atom stereocenters. The highest BCUT2D eigenvalue weighted by molar-refractivity contribution is 6.07. The van der Waals surface area contributed by atoms with Crippen molar-refractivity contribution in [1.82, 2.24) is 20.6 Å². The lowest BCUT2D eigenvalue weighted by Crippen LogP contribution is -2.20. The second-order valence-electron chi connectivity index (χ2n) is 6.23. The van der Waals surface area contributed by atoms with E-state index in [1.165, 1.54) is 12.5 Å². The van der Waals surface area contributed by atoms with Gasteiger partial charge in [-0.05, 0) is 30.5 Å². The van der Waals surface area contributed by atoms with Crippen molar-refractivity contribution in [2.24, 2.45) is 5.10 Å². The maximum Gasteiger partial charge on any atom is 0.270 e.